The molecule has 0 atom stereocenters. The van der Waals surface area contributed by atoms with E-state index in [1.54, 1.807) is 0 Å². The minimum Gasteiger partial charge on any atom is -0.0544 e. The number of hydrogen-bond donors (Lipinski definition) is 0. The van der Waals surface area contributed by atoms with Crippen molar-refractivity contribution in [1.29, 1.82) is 0 Å². The van der Waals surface area contributed by atoms with Crippen LogP contribution in [0.5, 0.6) is 0 Å². The summed E-state index contributed by atoms with van der Waals surface area (Å²) in [6.45, 7) is 0. The lowest BCUT2D eigenvalue weighted by Gasteiger charge is -1.92. The van der Waals surface area contributed by atoms with E-state index in [-0.39, 0.29) is 0 Å². The van der Waals surface area contributed by atoms with Crippen LogP contribution in [0.3, 0.4) is 0 Å². The lowest BCUT2D eigenvalue weighted by molar-refractivity contribution is 1.63. The van der Waals surface area contributed by atoms with E-state index in [0.717, 1.165) is 0 Å². The first-order valence-corrected chi connectivity index (χ1v) is 4.55. The molecule has 0 amide bonds. The van der Waals surface area contributed by atoms with Crippen LogP contribution in [-0.2, 0) is 0 Å². The second-order valence-electron chi connectivity index (χ2n) is 3.00. The maximum absolute atomic E-state index is 2.99. The zero-order valence-corrected chi connectivity index (χ0v) is 7.77. The Kier molecular flexibility index (Phi) is 2.77. The van der Waals surface area contributed by atoms with Gasteiger partial charge in [0.05, 0.1) is 0 Å². The van der Waals surface area contributed by atoms with Gasteiger partial charge in [-0.25, -0.2) is 0 Å². The highest BCUT2D eigenvalue weighted by Gasteiger charge is 1.84. The van der Waals surface area contributed by atoms with Crippen molar-refractivity contribution in [2.45, 2.75) is 0 Å². The summed E-state index contributed by atoms with van der Waals surface area (Å²) in [5.74, 6) is 0. The van der Waals surface area contributed by atoms with Crippen LogP contribution in [0.4, 0.5) is 0 Å². The van der Waals surface area contributed by atoms with Gasteiger partial charge in [-0.2, -0.15) is 0 Å². The molecule has 0 bridgehead atoms. The SMILES string of the molecule is [c]1ccc(C=Cc2cc[c]cc2)cc1. The predicted octanol–water partition coefficient (Wildman–Crippen LogP) is 3.46. The summed E-state index contributed by atoms with van der Waals surface area (Å²) in [6, 6.07) is 21.8. The van der Waals surface area contributed by atoms with E-state index in [9.17, 15) is 0 Å². The fourth-order valence-electron chi connectivity index (χ4n) is 1.21. The maximum atomic E-state index is 2.99. The van der Waals surface area contributed by atoms with Crippen LogP contribution in [0.15, 0.2) is 48.5 Å². The van der Waals surface area contributed by atoms with Gasteiger partial charge < -0.3 is 0 Å². The molecule has 0 unspecified atom stereocenters. The first-order valence-electron chi connectivity index (χ1n) is 4.55. The third-order valence-corrected chi connectivity index (χ3v) is 1.96. The van der Waals surface area contributed by atoms with Gasteiger partial charge in [0.15, 0.2) is 0 Å². The highest BCUT2D eigenvalue weighted by molar-refractivity contribution is 5.69. The summed E-state index contributed by atoms with van der Waals surface area (Å²) in [7, 11) is 0. The van der Waals surface area contributed by atoms with Gasteiger partial charge in [-0.05, 0) is 23.3 Å². The van der Waals surface area contributed by atoms with E-state index in [4.69, 9.17) is 0 Å². The summed E-state index contributed by atoms with van der Waals surface area (Å²) >= 11 is 0. The van der Waals surface area contributed by atoms with Gasteiger partial charge in [-0.3, -0.25) is 0 Å². The Morgan fingerprint density at radius 2 is 1.00 bits per heavy atom. The molecule has 2 aromatic carbocycles. The average Bonchev–Trinajstić information content (AvgIpc) is 2.29. The van der Waals surface area contributed by atoms with Crippen molar-refractivity contribution in [1.82, 2.24) is 0 Å². The highest BCUT2D eigenvalue weighted by Crippen LogP contribution is 2.06. The second-order valence-corrected chi connectivity index (χ2v) is 3.00. The molecule has 0 saturated carbocycles. The second kappa shape index (κ2) is 4.43. The van der Waals surface area contributed by atoms with Crippen molar-refractivity contribution in [3.8, 4) is 0 Å². The first kappa shape index (κ1) is 8.76. The van der Waals surface area contributed by atoms with Crippen LogP contribution in [-0.4, -0.2) is 0 Å². The molecule has 0 fully saturated rings. The van der Waals surface area contributed by atoms with E-state index in [2.05, 4.69) is 24.3 Å². The fraction of sp³-hybridized carbons (Fsp3) is 0. The molecule has 14 heavy (non-hydrogen) atoms. The highest BCUT2D eigenvalue weighted by atomic mass is 13.9. The van der Waals surface area contributed by atoms with Crippen LogP contribution in [0.1, 0.15) is 11.1 Å². The molecule has 0 heterocycles. The van der Waals surface area contributed by atoms with Gasteiger partial charge >= 0.3 is 0 Å². The van der Waals surface area contributed by atoms with Crippen LogP contribution in [0.25, 0.3) is 12.2 Å². The van der Waals surface area contributed by atoms with Gasteiger partial charge in [0, 0.05) is 0 Å². The molecule has 0 aliphatic carbocycles. The van der Waals surface area contributed by atoms with Crippen LogP contribution < -0.4 is 0 Å². The molecular formula is C14H10. The number of benzene rings is 2. The van der Waals surface area contributed by atoms with Gasteiger partial charge in [-0.1, -0.05) is 60.7 Å². The van der Waals surface area contributed by atoms with E-state index in [1.807, 2.05) is 48.5 Å². The first-order chi connectivity index (χ1) is 6.95. The monoisotopic (exact) mass is 178 g/mol. The third-order valence-electron chi connectivity index (χ3n) is 1.96. The molecule has 0 aromatic heterocycles. The Morgan fingerprint density at radius 1 is 0.643 bits per heavy atom. The van der Waals surface area contributed by atoms with Crippen molar-refractivity contribution in [3.05, 3.63) is 71.8 Å². The molecule has 0 aliphatic heterocycles. The largest absolute Gasteiger partial charge is 0.0544 e. The Morgan fingerprint density at radius 3 is 1.36 bits per heavy atom. The molecule has 2 radical (unpaired) electrons. The van der Waals surface area contributed by atoms with E-state index in [1.165, 1.54) is 11.1 Å². The maximum Gasteiger partial charge on any atom is -0.0184 e. The summed E-state index contributed by atoms with van der Waals surface area (Å²) in [6.07, 6.45) is 4.17. The summed E-state index contributed by atoms with van der Waals surface area (Å²) < 4.78 is 0. The lowest BCUT2D eigenvalue weighted by atomic mass is 10.1. The van der Waals surface area contributed by atoms with E-state index in [0.29, 0.717) is 0 Å². The molecule has 0 heteroatoms. The molecule has 2 rings (SSSR count). The Balaban J connectivity index is 2.16. The molecule has 0 nitrogen and oxygen atoms in total. The standard InChI is InChI=1S/C14H10/c1-3-7-13(8-4-1)11-12-14-9-5-2-6-10-14/h3-12H. The molecule has 66 valence electrons. The van der Waals surface area contributed by atoms with Crippen LogP contribution in [0, 0.1) is 12.1 Å². The number of rotatable bonds is 2. The topological polar surface area (TPSA) is 0 Å². The molecular weight excluding hydrogens is 168 g/mol. The van der Waals surface area contributed by atoms with Crippen LogP contribution >= 0.6 is 0 Å². The molecule has 0 spiro atoms. The molecule has 0 saturated heterocycles. The Labute approximate surface area is 84.5 Å². The molecule has 0 aliphatic rings. The quantitative estimate of drug-likeness (QED) is 0.618. The van der Waals surface area contributed by atoms with Gasteiger partial charge in [0.1, 0.15) is 0 Å². The van der Waals surface area contributed by atoms with Crippen molar-refractivity contribution in [2.24, 2.45) is 0 Å². The molecule has 2 aromatic rings. The van der Waals surface area contributed by atoms with Crippen molar-refractivity contribution < 1.29 is 0 Å². The zero-order chi connectivity index (χ0) is 9.64. The van der Waals surface area contributed by atoms with Crippen molar-refractivity contribution >= 4 is 12.2 Å². The summed E-state index contributed by atoms with van der Waals surface area (Å²) in [4.78, 5) is 0. The minimum atomic E-state index is 1.19. The zero-order valence-electron chi connectivity index (χ0n) is 7.77. The van der Waals surface area contributed by atoms with Crippen molar-refractivity contribution in [2.75, 3.05) is 0 Å². The van der Waals surface area contributed by atoms with E-state index < -0.39 is 0 Å². The van der Waals surface area contributed by atoms with E-state index >= 15 is 0 Å². The Hall–Kier alpha value is -1.82. The molecule has 0 N–H and O–H groups in total. The normalized spacial score (nSPS) is 10.6. The number of hydrogen-bond acceptors (Lipinski definition) is 0. The third kappa shape index (κ3) is 2.33. The summed E-state index contributed by atoms with van der Waals surface area (Å²) in [5.41, 5.74) is 2.38. The van der Waals surface area contributed by atoms with Crippen molar-refractivity contribution in [3.63, 3.8) is 0 Å². The summed E-state index contributed by atoms with van der Waals surface area (Å²) in [5, 5.41) is 0. The Bertz CT molecular complexity index is 357. The predicted molar refractivity (Wildman–Crippen MR) is 59.5 cm³/mol. The van der Waals surface area contributed by atoms with Gasteiger partial charge in [-0.15, -0.1) is 0 Å². The lowest BCUT2D eigenvalue weighted by Crippen LogP contribution is -1.71. The van der Waals surface area contributed by atoms with Crippen LogP contribution in [0.2, 0.25) is 0 Å². The van der Waals surface area contributed by atoms with Gasteiger partial charge in [0.2, 0.25) is 0 Å². The average molecular weight is 178 g/mol. The minimum absolute atomic E-state index is 1.19. The fourth-order valence-corrected chi connectivity index (χ4v) is 1.21. The van der Waals surface area contributed by atoms with Gasteiger partial charge in [0.25, 0.3) is 0 Å². The smallest absolute Gasteiger partial charge is 0.0184 e.